The minimum absolute atomic E-state index is 0.000360. The summed E-state index contributed by atoms with van der Waals surface area (Å²) in [6, 6.07) is 0. The Kier molecular flexibility index (Phi) is 5.33. The molecule has 2 unspecified atom stereocenters. The zero-order valence-corrected chi connectivity index (χ0v) is 11.5. The Morgan fingerprint density at radius 3 is 2.50 bits per heavy atom. The first-order chi connectivity index (χ1) is 9.60. The zero-order chi connectivity index (χ0) is 14.5. The SMILES string of the molecule is NCC1CCC(C(=O)N2CCC(OCC(=O)O)CC2)O1. The quantitative estimate of drug-likeness (QED) is 0.712. The van der Waals surface area contributed by atoms with Crippen LogP contribution in [0.25, 0.3) is 0 Å². The third-order valence-corrected chi connectivity index (χ3v) is 3.84. The number of ether oxygens (including phenoxy) is 2. The Hall–Kier alpha value is -1.18. The lowest BCUT2D eigenvalue weighted by Crippen LogP contribution is -2.45. The number of aliphatic carboxylic acids is 1. The first kappa shape index (κ1) is 15.2. The number of carbonyl (C=O) groups is 2. The third kappa shape index (κ3) is 3.91. The molecule has 0 spiro atoms. The number of hydrogen-bond donors (Lipinski definition) is 2. The third-order valence-electron chi connectivity index (χ3n) is 3.84. The summed E-state index contributed by atoms with van der Waals surface area (Å²) in [4.78, 5) is 24.5. The molecule has 2 atom stereocenters. The van der Waals surface area contributed by atoms with Crippen molar-refractivity contribution in [2.45, 2.75) is 44.0 Å². The topological polar surface area (TPSA) is 102 Å². The van der Waals surface area contributed by atoms with E-state index in [1.54, 1.807) is 4.90 Å². The van der Waals surface area contributed by atoms with Crippen molar-refractivity contribution in [1.82, 2.24) is 4.90 Å². The molecule has 20 heavy (non-hydrogen) atoms. The van der Waals surface area contributed by atoms with Crippen molar-refractivity contribution in [3.8, 4) is 0 Å². The second-order valence-electron chi connectivity index (χ2n) is 5.29. The van der Waals surface area contributed by atoms with E-state index in [0.717, 1.165) is 12.8 Å². The molecule has 3 N–H and O–H groups in total. The van der Waals surface area contributed by atoms with Gasteiger partial charge < -0.3 is 25.2 Å². The number of rotatable bonds is 5. The number of carboxylic acid groups (broad SMARTS) is 1. The fourth-order valence-electron chi connectivity index (χ4n) is 2.70. The maximum atomic E-state index is 12.3. The maximum Gasteiger partial charge on any atom is 0.329 e. The van der Waals surface area contributed by atoms with Crippen LogP contribution < -0.4 is 5.73 Å². The van der Waals surface area contributed by atoms with Gasteiger partial charge in [-0.1, -0.05) is 0 Å². The molecule has 0 aromatic heterocycles. The maximum absolute atomic E-state index is 12.3. The highest BCUT2D eigenvalue weighted by Crippen LogP contribution is 2.23. The minimum Gasteiger partial charge on any atom is -0.480 e. The Morgan fingerprint density at radius 2 is 1.95 bits per heavy atom. The molecule has 0 aromatic carbocycles. The van der Waals surface area contributed by atoms with Crippen LogP contribution in [0.5, 0.6) is 0 Å². The zero-order valence-electron chi connectivity index (χ0n) is 11.5. The highest BCUT2D eigenvalue weighted by atomic mass is 16.5. The molecule has 2 fully saturated rings. The molecule has 114 valence electrons. The van der Waals surface area contributed by atoms with Gasteiger partial charge in [-0.3, -0.25) is 4.79 Å². The Balaban J connectivity index is 1.73. The number of carbonyl (C=O) groups excluding carboxylic acids is 1. The van der Waals surface area contributed by atoms with Gasteiger partial charge in [-0.25, -0.2) is 4.79 Å². The number of carboxylic acids is 1. The second-order valence-corrected chi connectivity index (χ2v) is 5.29. The van der Waals surface area contributed by atoms with Gasteiger partial charge in [0.1, 0.15) is 12.7 Å². The lowest BCUT2D eigenvalue weighted by Gasteiger charge is -2.33. The molecule has 2 saturated heterocycles. The molecule has 2 aliphatic rings. The van der Waals surface area contributed by atoms with Crippen molar-refractivity contribution in [2.75, 3.05) is 26.2 Å². The lowest BCUT2D eigenvalue weighted by atomic mass is 10.1. The van der Waals surface area contributed by atoms with Crippen LogP contribution in [0.1, 0.15) is 25.7 Å². The van der Waals surface area contributed by atoms with Crippen molar-refractivity contribution < 1.29 is 24.2 Å². The van der Waals surface area contributed by atoms with Crippen molar-refractivity contribution in [3.05, 3.63) is 0 Å². The van der Waals surface area contributed by atoms with E-state index in [0.29, 0.717) is 32.5 Å². The minimum atomic E-state index is -0.962. The summed E-state index contributed by atoms with van der Waals surface area (Å²) in [6.45, 7) is 1.37. The summed E-state index contributed by atoms with van der Waals surface area (Å²) in [6.07, 6.45) is 2.48. The van der Waals surface area contributed by atoms with Crippen molar-refractivity contribution in [3.63, 3.8) is 0 Å². The fourth-order valence-corrected chi connectivity index (χ4v) is 2.70. The summed E-state index contributed by atoms with van der Waals surface area (Å²) >= 11 is 0. The molecule has 2 aliphatic heterocycles. The van der Waals surface area contributed by atoms with E-state index < -0.39 is 5.97 Å². The highest BCUT2D eigenvalue weighted by Gasteiger charge is 2.34. The second kappa shape index (κ2) is 7.01. The number of likely N-dealkylation sites (tertiary alicyclic amines) is 1. The van der Waals surface area contributed by atoms with Gasteiger partial charge >= 0.3 is 5.97 Å². The van der Waals surface area contributed by atoms with Crippen LogP contribution in [-0.4, -0.2) is 66.4 Å². The molecule has 1 amide bonds. The van der Waals surface area contributed by atoms with E-state index in [9.17, 15) is 9.59 Å². The van der Waals surface area contributed by atoms with E-state index >= 15 is 0 Å². The molecule has 0 saturated carbocycles. The molecular weight excluding hydrogens is 264 g/mol. The molecule has 0 aliphatic carbocycles. The first-order valence-electron chi connectivity index (χ1n) is 7.08. The Bertz CT molecular complexity index is 355. The predicted octanol–water partition coefficient (Wildman–Crippen LogP) is -0.415. The van der Waals surface area contributed by atoms with Crippen LogP contribution in [0, 0.1) is 0 Å². The van der Waals surface area contributed by atoms with Crippen LogP contribution >= 0.6 is 0 Å². The van der Waals surface area contributed by atoms with E-state index in [4.69, 9.17) is 20.3 Å². The van der Waals surface area contributed by atoms with Gasteiger partial charge in [0.15, 0.2) is 0 Å². The highest BCUT2D eigenvalue weighted by molar-refractivity contribution is 5.81. The normalized spacial score (nSPS) is 27.8. The van der Waals surface area contributed by atoms with Crippen LogP contribution in [0.2, 0.25) is 0 Å². The Labute approximate surface area is 118 Å². The largest absolute Gasteiger partial charge is 0.480 e. The van der Waals surface area contributed by atoms with Gasteiger partial charge in [0, 0.05) is 19.6 Å². The number of nitrogens with zero attached hydrogens (tertiary/aromatic N) is 1. The smallest absolute Gasteiger partial charge is 0.329 e. The van der Waals surface area contributed by atoms with E-state index in [2.05, 4.69) is 0 Å². The van der Waals surface area contributed by atoms with Gasteiger partial charge in [-0.15, -0.1) is 0 Å². The van der Waals surface area contributed by atoms with Crippen molar-refractivity contribution >= 4 is 11.9 Å². The molecule has 2 rings (SSSR count). The van der Waals surface area contributed by atoms with Gasteiger partial charge in [-0.2, -0.15) is 0 Å². The van der Waals surface area contributed by atoms with Crippen molar-refractivity contribution in [1.29, 1.82) is 0 Å². The van der Waals surface area contributed by atoms with Gasteiger partial charge in [-0.05, 0) is 25.7 Å². The average molecular weight is 286 g/mol. The van der Waals surface area contributed by atoms with Crippen molar-refractivity contribution in [2.24, 2.45) is 5.73 Å². The van der Waals surface area contributed by atoms with Gasteiger partial charge in [0.25, 0.3) is 5.91 Å². The van der Waals surface area contributed by atoms with Crippen LogP contribution in [0.15, 0.2) is 0 Å². The summed E-state index contributed by atoms with van der Waals surface area (Å²) in [5.74, 6) is -0.937. The lowest BCUT2D eigenvalue weighted by molar-refractivity contribution is -0.150. The van der Waals surface area contributed by atoms with E-state index in [-0.39, 0.29) is 30.8 Å². The predicted molar refractivity (Wildman–Crippen MR) is 70.1 cm³/mol. The molecule has 0 aromatic rings. The van der Waals surface area contributed by atoms with Crippen LogP contribution in [-0.2, 0) is 19.1 Å². The molecular formula is C13H22N2O5. The molecule has 2 heterocycles. The summed E-state index contributed by atoms with van der Waals surface area (Å²) < 4.78 is 10.9. The first-order valence-corrected chi connectivity index (χ1v) is 7.08. The van der Waals surface area contributed by atoms with Crippen LogP contribution in [0.3, 0.4) is 0 Å². The van der Waals surface area contributed by atoms with Crippen LogP contribution in [0.4, 0.5) is 0 Å². The number of piperidine rings is 1. The number of hydrogen-bond acceptors (Lipinski definition) is 5. The fraction of sp³-hybridized carbons (Fsp3) is 0.846. The average Bonchev–Trinajstić information content (AvgIpc) is 2.94. The Morgan fingerprint density at radius 1 is 1.25 bits per heavy atom. The number of nitrogens with two attached hydrogens (primary N) is 1. The number of amides is 1. The molecule has 0 bridgehead atoms. The summed E-state index contributed by atoms with van der Waals surface area (Å²) in [7, 11) is 0. The summed E-state index contributed by atoms with van der Waals surface area (Å²) in [5.41, 5.74) is 5.54. The standard InChI is InChI=1S/C13H22N2O5/c14-7-10-1-2-11(20-10)13(18)15-5-3-9(4-6-15)19-8-12(16)17/h9-11H,1-8,14H2,(H,16,17). The monoisotopic (exact) mass is 286 g/mol. The van der Waals surface area contributed by atoms with Gasteiger partial charge in [0.2, 0.25) is 0 Å². The van der Waals surface area contributed by atoms with Gasteiger partial charge in [0.05, 0.1) is 12.2 Å². The van der Waals surface area contributed by atoms with E-state index in [1.807, 2.05) is 0 Å². The molecule has 7 heteroatoms. The van der Waals surface area contributed by atoms with E-state index in [1.165, 1.54) is 0 Å². The molecule has 0 radical (unpaired) electrons. The summed E-state index contributed by atoms with van der Waals surface area (Å²) in [5, 5.41) is 8.56. The molecule has 7 nitrogen and oxygen atoms in total.